The summed E-state index contributed by atoms with van der Waals surface area (Å²) in [4.78, 5) is 12.8. The van der Waals surface area contributed by atoms with Gasteiger partial charge in [0.1, 0.15) is 5.82 Å². The molecule has 196 valence electrons. The number of fused-ring (bicyclic) bond motifs is 2. The topological polar surface area (TPSA) is 38.2 Å². The van der Waals surface area contributed by atoms with Crippen LogP contribution in [0.1, 0.15) is 0 Å². The summed E-state index contributed by atoms with van der Waals surface area (Å²) in [5, 5.41) is 3.35. The Kier molecular flexibility index (Phi) is 6.60. The van der Waals surface area contributed by atoms with Gasteiger partial charge in [-0.05, 0) is 59.2 Å². The standard InChI is InChI=1S/C34H25Cl2N3O/c35-24-11-13-29-27(19-24)26(22-7-3-1-4-8-22)21-31(37-29)33-32(23-9-5-2-6-10-23)28-20-25(36)12-14-30(28)38-34(33)39-15-17-40-18-16-39/h1-14,19-21H,15-18H2. The molecule has 0 atom stereocenters. The number of ether oxygens (including phenoxy) is 1. The van der Waals surface area contributed by atoms with Gasteiger partial charge in [-0.2, -0.15) is 0 Å². The Morgan fingerprint density at radius 3 is 1.88 bits per heavy atom. The number of anilines is 1. The molecule has 1 fully saturated rings. The van der Waals surface area contributed by atoms with Crippen LogP contribution in [0.4, 0.5) is 5.82 Å². The van der Waals surface area contributed by atoms with E-state index in [1.54, 1.807) is 0 Å². The molecule has 6 heteroatoms. The zero-order valence-corrected chi connectivity index (χ0v) is 23.2. The van der Waals surface area contributed by atoms with Crippen molar-refractivity contribution in [1.29, 1.82) is 0 Å². The van der Waals surface area contributed by atoms with Gasteiger partial charge in [0.05, 0.1) is 35.5 Å². The minimum absolute atomic E-state index is 0.652. The molecule has 0 aliphatic carbocycles. The maximum atomic E-state index is 6.58. The Balaban J connectivity index is 1.62. The van der Waals surface area contributed by atoms with Gasteiger partial charge >= 0.3 is 0 Å². The van der Waals surface area contributed by atoms with Crippen LogP contribution in [-0.2, 0) is 4.74 Å². The van der Waals surface area contributed by atoms with Crippen molar-refractivity contribution in [2.75, 3.05) is 31.2 Å². The molecule has 0 radical (unpaired) electrons. The molecule has 4 nitrogen and oxygen atoms in total. The zero-order valence-electron chi connectivity index (χ0n) is 21.6. The fourth-order valence-electron chi connectivity index (χ4n) is 5.56. The van der Waals surface area contributed by atoms with Gasteiger partial charge in [-0.15, -0.1) is 0 Å². The summed E-state index contributed by atoms with van der Waals surface area (Å²) >= 11 is 13.1. The number of aromatic nitrogens is 2. The Labute approximate surface area is 242 Å². The molecule has 40 heavy (non-hydrogen) atoms. The Bertz CT molecular complexity index is 1850. The summed E-state index contributed by atoms with van der Waals surface area (Å²) in [6.07, 6.45) is 0. The average Bonchev–Trinajstić information content (AvgIpc) is 3.01. The highest BCUT2D eigenvalue weighted by molar-refractivity contribution is 6.32. The van der Waals surface area contributed by atoms with E-state index in [0.717, 1.165) is 74.2 Å². The molecule has 1 aliphatic heterocycles. The van der Waals surface area contributed by atoms with Crippen molar-refractivity contribution in [1.82, 2.24) is 9.97 Å². The highest BCUT2D eigenvalue weighted by Gasteiger charge is 2.25. The van der Waals surface area contributed by atoms with Crippen molar-refractivity contribution >= 4 is 50.8 Å². The van der Waals surface area contributed by atoms with Crippen LogP contribution in [0.25, 0.3) is 55.3 Å². The van der Waals surface area contributed by atoms with E-state index in [1.807, 2.05) is 48.5 Å². The van der Waals surface area contributed by atoms with Gasteiger partial charge in [-0.1, -0.05) is 83.9 Å². The van der Waals surface area contributed by atoms with Crippen LogP contribution in [-0.4, -0.2) is 36.3 Å². The second kappa shape index (κ2) is 10.5. The Morgan fingerprint density at radius 1 is 0.600 bits per heavy atom. The van der Waals surface area contributed by atoms with Crippen LogP contribution in [0.2, 0.25) is 10.0 Å². The lowest BCUT2D eigenvalue weighted by molar-refractivity contribution is 0.122. The molecule has 2 aromatic heterocycles. The smallest absolute Gasteiger partial charge is 0.139 e. The molecule has 0 spiro atoms. The van der Waals surface area contributed by atoms with Crippen LogP contribution in [0.15, 0.2) is 103 Å². The summed E-state index contributed by atoms with van der Waals surface area (Å²) in [7, 11) is 0. The first-order valence-electron chi connectivity index (χ1n) is 13.3. The quantitative estimate of drug-likeness (QED) is 0.215. The van der Waals surface area contributed by atoms with Crippen LogP contribution in [0.3, 0.4) is 0 Å². The first-order valence-corrected chi connectivity index (χ1v) is 14.1. The van der Waals surface area contributed by atoms with E-state index in [2.05, 4.69) is 59.5 Å². The van der Waals surface area contributed by atoms with Crippen LogP contribution >= 0.6 is 23.2 Å². The third kappa shape index (κ3) is 4.58. The summed E-state index contributed by atoms with van der Waals surface area (Å²) in [6, 6.07) is 34.8. The lowest BCUT2D eigenvalue weighted by Crippen LogP contribution is -2.37. The summed E-state index contributed by atoms with van der Waals surface area (Å²) in [5.41, 5.74) is 7.92. The molecular formula is C34H25Cl2N3O. The van der Waals surface area contributed by atoms with Gasteiger partial charge in [-0.25, -0.2) is 9.97 Å². The van der Waals surface area contributed by atoms with E-state index in [-0.39, 0.29) is 0 Å². The van der Waals surface area contributed by atoms with Gasteiger partial charge in [0, 0.05) is 39.5 Å². The van der Waals surface area contributed by atoms with Gasteiger partial charge in [-0.3, -0.25) is 0 Å². The van der Waals surface area contributed by atoms with Crippen molar-refractivity contribution in [3.63, 3.8) is 0 Å². The minimum Gasteiger partial charge on any atom is -0.378 e. The number of hydrogen-bond acceptors (Lipinski definition) is 4. The van der Waals surface area contributed by atoms with E-state index < -0.39 is 0 Å². The first-order chi connectivity index (χ1) is 19.7. The zero-order chi connectivity index (χ0) is 27.1. The molecule has 6 aromatic rings. The maximum absolute atomic E-state index is 6.58. The maximum Gasteiger partial charge on any atom is 0.139 e. The molecule has 0 saturated carbocycles. The minimum atomic E-state index is 0.652. The van der Waals surface area contributed by atoms with Crippen molar-refractivity contribution in [2.24, 2.45) is 0 Å². The van der Waals surface area contributed by atoms with Crippen LogP contribution in [0.5, 0.6) is 0 Å². The third-order valence-corrected chi connectivity index (χ3v) is 7.88. The van der Waals surface area contributed by atoms with E-state index in [0.29, 0.717) is 23.3 Å². The van der Waals surface area contributed by atoms with Gasteiger partial charge in [0.25, 0.3) is 0 Å². The van der Waals surface area contributed by atoms with Crippen molar-refractivity contribution in [3.8, 4) is 33.5 Å². The van der Waals surface area contributed by atoms with Gasteiger partial charge in [0.2, 0.25) is 0 Å². The number of morpholine rings is 1. The number of pyridine rings is 2. The van der Waals surface area contributed by atoms with E-state index in [1.165, 1.54) is 0 Å². The van der Waals surface area contributed by atoms with Crippen molar-refractivity contribution in [3.05, 3.63) is 113 Å². The molecule has 0 amide bonds. The van der Waals surface area contributed by atoms with Crippen molar-refractivity contribution in [2.45, 2.75) is 0 Å². The summed E-state index contributed by atoms with van der Waals surface area (Å²) in [5.74, 6) is 0.900. The molecule has 4 aromatic carbocycles. The number of halogens is 2. The lowest BCUT2D eigenvalue weighted by Gasteiger charge is -2.31. The lowest BCUT2D eigenvalue weighted by atomic mass is 9.91. The van der Waals surface area contributed by atoms with E-state index in [9.17, 15) is 0 Å². The fourth-order valence-corrected chi connectivity index (χ4v) is 5.90. The van der Waals surface area contributed by atoms with Crippen LogP contribution in [0, 0.1) is 0 Å². The molecule has 7 rings (SSSR count). The second-order valence-electron chi connectivity index (χ2n) is 9.89. The molecule has 1 saturated heterocycles. The second-order valence-corrected chi connectivity index (χ2v) is 10.8. The Hall–Kier alpha value is -3.96. The number of hydrogen-bond donors (Lipinski definition) is 0. The Morgan fingerprint density at radius 2 is 1.20 bits per heavy atom. The van der Waals surface area contributed by atoms with Gasteiger partial charge in [0.15, 0.2) is 0 Å². The SMILES string of the molecule is Clc1ccc2nc(-c3c(N4CCOCC4)nc4ccc(Cl)cc4c3-c3ccccc3)cc(-c3ccccc3)c2c1. The molecule has 3 heterocycles. The monoisotopic (exact) mass is 561 g/mol. The van der Waals surface area contributed by atoms with Gasteiger partial charge < -0.3 is 9.64 Å². The van der Waals surface area contributed by atoms with E-state index >= 15 is 0 Å². The molecule has 0 unspecified atom stereocenters. The first kappa shape index (κ1) is 25.0. The van der Waals surface area contributed by atoms with Crippen molar-refractivity contribution < 1.29 is 4.74 Å². The number of nitrogens with zero attached hydrogens (tertiary/aromatic N) is 3. The molecular weight excluding hydrogens is 537 g/mol. The predicted octanol–water partition coefficient (Wildman–Crippen LogP) is 8.93. The fraction of sp³-hybridized carbons (Fsp3) is 0.118. The largest absolute Gasteiger partial charge is 0.378 e. The molecule has 1 aliphatic rings. The third-order valence-electron chi connectivity index (χ3n) is 7.41. The summed E-state index contributed by atoms with van der Waals surface area (Å²) in [6.45, 7) is 2.81. The molecule has 0 N–H and O–H groups in total. The molecule has 0 bridgehead atoms. The van der Waals surface area contributed by atoms with Crippen LogP contribution < -0.4 is 4.90 Å². The highest BCUT2D eigenvalue weighted by Crippen LogP contribution is 2.45. The average molecular weight is 563 g/mol. The predicted molar refractivity (Wildman–Crippen MR) is 166 cm³/mol. The number of rotatable bonds is 4. The number of benzene rings is 4. The van der Waals surface area contributed by atoms with E-state index in [4.69, 9.17) is 37.9 Å². The highest BCUT2D eigenvalue weighted by atomic mass is 35.5. The summed E-state index contributed by atoms with van der Waals surface area (Å²) < 4.78 is 5.72. The normalized spacial score (nSPS) is 13.7.